The van der Waals surface area contributed by atoms with Gasteiger partial charge < -0.3 is 14.9 Å². The minimum atomic E-state index is -0.137. The Labute approximate surface area is 209 Å². The molecule has 1 saturated heterocycles. The van der Waals surface area contributed by atoms with Crippen molar-refractivity contribution in [1.82, 2.24) is 19.5 Å². The summed E-state index contributed by atoms with van der Waals surface area (Å²) in [7, 11) is 3.80. The smallest absolute Gasteiger partial charge is 0.327 e. The number of aromatic hydroxyl groups is 1. The van der Waals surface area contributed by atoms with Gasteiger partial charge in [-0.1, -0.05) is 0 Å². The molecule has 1 aromatic carbocycles. The second-order valence-electron chi connectivity index (χ2n) is 9.64. The molecule has 0 atom stereocenters. The molecule has 4 aromatic rings. The third kappa shape index (κ3) is 4.21. The van der Waals surface area contributed by atoms with Crippen molar-refractivity contribution in [3.8, 4) is 5.75 Å². The van der Waals surface area contributed by atoms with Crippen LogP contribution in [-0.2, 0) is 0 Å². The molecule has 0 unspecified atom stereocenters. The van der Waals surface area contributed by atoms with Gasteiger partial charge in [0.05, 0.1) is 5.52 Å². The van der Waals surface area contributed by atoms with Crippen LogP contribution < -0.4 is 15.5 Å². The van der Waals surface area contributed by atoms with Gasteiger partial charge in [0, 0.05) is 50.6 Å². The van der Waals surface area contributed by atoms with Gasteiger partial charge >= 0.3 is 5.69 Å². The summed E-state index contributed by atoms with van der Waals surface area (Å²) in [5, 5.41) is 10.1. The third-order valence-corrected chi connectivity index (χ3v) is 6.92. The second-order valence-corrected chi connectivity index (χ2v) is 9.64. The van der Waals surface area contributed by atoms with Crippen LogP contribution in [0.15, 0.2) is 47.4 Å². The van der Waals surface area contributed by atoms with Crippen molar-refractivity contribution >= 4 is 28.6 Å². The highest BCUT2D eigenvalue weighted by Crippen LogP contribution is 2.30. The monoisotopic (exact) mass is 486 g/mol. The summed E-state index contributed by atoms with van der Waals surface area (Å²) in [6.45, 7) is 5.00. The van der Waals surface area contributed by atoms with E-state index in [-0.39, 0.29) is 23.3 Å². The Morgan fingerprint density at radius 1 is 1.08 bits per heavy atom. The number of nitrogens with one attached hydrogen (secondary N) is 1. The number of fused-ring (bicyclic) bond motifs is 1. The summed E-state index contributed by atoms with van der Waals surface area (Å²) < 4.78 is 1.81. The van der Waals surface area contributed by atoms with E-state index in [1.165, 1.54) is 0 Å². The van der Waals surface area contributed by atoms with Crippen LogP contribution in [0.2, 0.25) is 0 Å². The first-order chi connectivity index (χ1) is 17.2. The molecule has 0 aliphatic carbocycles. The van der Waals surface area contributed by atoms with Crippen LogP contribution in [0.4, 0.5) is 11.6 Å². The number of aromatic amines is 1. The van der Waals surface area contributed by atoms with Gasteiger partial charge in [0.25, 0.3) is 0 Å². The SMILES string of the molecule is Cc1cc(C(=O)c2cc(N(C)C)nc(N3CCC(n4c(=O)[nH]c5ncccc54)CC3)c2)cc(C)c1O. The summed E-state index contributed by atoms with van der Waals surface area (Å²) in [4.78, 5) is 42.0. The maximum Gasteiger partial charge on any atom is 0.327 e. The van der Waals surface area contributed by atoms with Gasteiger partial charge in [-0.2, -0.15) is 0 Å². The van der Waals surface area contributed by atoms with Crippen LogP contribution in [0.1, 0.15) is 45.9 Å². The number of hydrogen-bond acceptors (Lipinski definition) is 7. The summed E-state index contributed by atoms with van der Waals surface area (Å²) in [5.74, 6) is 1.54. The number of carbonyl (C=O) groups is 1. The van der Waals surface area contributed by atoms with Gasteiger partial charge in [-0.05, 0) is 74.2 Å². The quantitative estimate of drug-likeness (QED) is 0.415. The van der Waals surface area contributed by atoms with E-state index in [1.54, 1.807) is 38.2 Å². The van der Waals surface area contributed by atoms with E-state index in [0.717, 1.165) is 24.2 Å². The molecule has 9 heteroatoms. The standard InChI is InChI=1S/C27H30N6O3/c1-16-12-18(13-17(2)24(16)34)25(35)19-14-22(31(3)4)29-23(15-19)32-10-7-20(8-11-32)33-21-6-5-9-28-26(21)30-27(33)36/h5-6,9,12-15,20,34H,7-8,10-11H2,1-4H3,(H,28,30,36). The van der Waals surface area contributed by atoms with E-state index in [0.29, 0.717) is 46.8 Å². The Kier molecular flexibility index (Phi) is 5.99. The molecule has 36 heavy (non-hydrogen) atoms. The zero-order valence-electron chi connectivity index (χ0n) is 20.9. The van der Waals surface area contributed by atoms with Crippen LogP contribution in [0.25, 0.3) is 11.2 Å². The zero-order valence-corrected chi connectivity index (χ0v) is 20.9. The predicted octanol–water partition coefficient (Wildman–Crippen LogP) is 3.58. The molecular formula is C27H30N6O3. The van der Waals surface area contributed by atoms with E-state index >= 15 is 0 Å². The van der Waals surface area contributed by atoms with Crippen molar-refractivity contribution in [2.75, 3.05) is 37.0 Å². The fourth-order valence-electron chi connectivity index (χ4n) is 4.95. The van der Waals surface area contributed by atoms with Crippen molar-refractivity contribution in [2.24, 2.45) is 0 Å². The lowest BCUT2D eigenvalue weighted by Crippen LogP contribution is -2.37. The molecule has 4 heterocycles. The molecule has 0 bridgehead atoms. The number of nitrogens with zero attached hydrogens (tertiary/aromatic N) is 5. The van der Waals surface area contributed by atoms with Crippen LogP contribution >= 0.6 is 0 Å². The average Bonchev–Trinajstić information content (AvgIpc) is 3.21. The maximum atomic E-state index is 13.4. The Morgan fingerprint density at radius 2 is 1.75 bits per heavy atom. The van der Waals surface area contributed by atoms with Crippen molar-refractivity contribution in [1.29, 1.82) is 0 Å². The lowest BCUT2D eigenvalue weighted by molar-refractivity contribution is 0.103. The Morgan fingerprint density at radius 3 is 2.42 bits per heavy atom. The summed E-state index contributed by atoms with van der Waals surface area (Å²) in [6.07, 6.45) is 3.22. The van der Waals surface area contributed by atoms with E-state index in [1.807, 2.05) is 41.8 Å². The summed E-state index contributed by atoms with van der Waals surface area (Å²) in [5.41, 5.74) is 3.72. The highest BCUT2D eigenvalue weighted by Gasteiger charge is 2.26. The fraction of sp³-hybridized carbons (Fsp3) is 0.333. The number of aromatic nitrogens is 4. The van der Waals surface area contributed by atoms with Gasteiger partial charge in [0.1, 0.15) is 17.4 Å². The first-order valence-electron chi connectivity index (χ1n) is 12.1. The number of carbonyl (C=O) groups excluding carboxylic acids is 1. The third-order valence-electron chi connectivity index (χ3n) is 6.92. The number of piperidine rings is 1. The van der Waals surface area contributed by atoms with Crippen LogP contribution in [0, 0.1) is 13.8 Å². The van der Waals surface area contributed by atoms with Crippen molar-refractivity contribution in [2.45, 2.75) is 32.7 Å². The number of H-pyrrole nitrogens is 1. The molecule has 0 amide bonds. The number of imidazole rings is 1. The molecule has 5 rings (SSSR count). The van der Waals surface area contributed by atoms with E-state index in [4.69, 9.17) is 4.98 Å². The number of benzene rings is 1. The molecule has 2 N–H and O–H groups in total. The van der Waals surface area contributed by atoms with E-state index in [2.05, 4.69) is 14.9 Å². The topological polar surface area (TPSA) is 107 Å². The van der Waals surface area contributed by atoms with Crippen molar-refractivity contribution < 1.29 is 9.90 Å². The highest BCUT2D eigenvalue weighted by molar-refractivity contribution is 6.10. The molecule has 0 radical (unpaired) electrons. The molecule has 1 aliphatic heterocycles. The van der Waals surface area contributed by atoms with Gasteiger partial charge in [0.15, 0.2) is 11.4 Å². The highest BCUT2D eigenvalue weighted by atomic mass is 16.3. The molecule has 1 fully saturated rings. The Balaban J connectivity index is 1.42. The minimum absolute atomic E-state index is 0.0628. The predicted molar refractivity (Wildman–Crippen MR) is 140 cm³/mol. The molecule has 186 valence electrons. The molecular weight excluding hydrogens is 456 g/mol. The van der Waals surface area contributed by atoms with Gasteiger partial charge in [-0.3, -0.25) is 14.3 Å². The Hall–Kier alpha value is -4.14. The van der Waals surface area contributed by atoms with Crippen LogP contribution in [0.3, 0.4) is 0 Å². The molecule has 3 aromatic heterocycles. The van der Waals surface area contributed by atoms with Crippen LogP contribution in [-0.4, -0.2) is 57.6 Å². The van der Waals surface area contributed by atoms with Crippen molar-refractivity contribution in [3.63, 3.8) is 0 Å². The number of pyridine rings is 2. The maximum absolute atomic E-state index is 13.4. The number of rotatable bonds is 5. The lowest BCUT2D eigenvalue weighted by Gasteiger charge is -2.34. The lowest BCUT2D eigenvalue weighted by atomic mass is 9.98. The first-order valence-corrected chi connectivity index (χ1v) is 12.1. The number of phenolic OH excluding ortho intramolecular Hbond substituents is 1. The Bertz CT molecular complexity index is 1490. The van der Waals surface area contributed by atoms with Gasteiger partial charge in [-0.25, -0.2) is 14.8 Å². The number of phenols is 1. The van der Waals surface area contributed by atoms with Gasteiger partial charge in [0.2, 0.25) is 0 Å². The first kappa shape index (κ1) is 23.6. The number of anilines is 2. The summed E-state index contributed by atoms with van der Waals surface area (Å²) >= 11 is 0. The summed E-state index contributed by atoms with van der Waals surface area (Å²) in [6, 6.07) is 10.9. The minimum Gasteiger partial charge on any atom is -0.507 e. The zero-order chi connectivity index (χ0) is 25.6. The van der Waals surface area contributed by atoms with Crippen molar-refractivity contribution in [3.05, 3.63) is 75.3 Å². The molecule has 1 aliphatic rings. The van der Waals surface area contributed by atoms with E-state index in [9.17, 15) is 14.7 Å². The van der Waals surface area contributed by atoms with E-state index < -0.39 is 0 Å². The average molecular weight is 487 g/mol. The molecule has 0 saturated carbocycles. The van der Waals surface area contributed by atoms with Crippen LogP contribution in [0.5, 0.6) is 5.75 Å². The fourth-order valence-corrected chi connectivity index (χ4v) is 4.95. The molecule has 0 spiro atoms. The number of ketones is 1. The number of hydrogen-bond donors (Lipinski definition) is 2. The molecule has 9 nitrogen and oxygen atoms in total. The number of aryl methyl sites for hydroxylation is 2. The normalized spacial score (nSPS) is 14.4. The van der Waals surface area contributed by atoms with Gasteiger partial charge in [-0.15, -0.1) is 0 Å². The largest absolute Gasteiger partial charge is 0.507 e. The second kappa shape index (κ2) is 9.14.